The first-order valence-corrected chi connectivity index (χ1v) is 12.7. The van der Waals surface area contributed by atoms with Crippen LogP contribution in [0.1, 0.15) is 69.1 Å². The van der Waals surface area contributed by atoms with Crippen LogP contribution in [0.5, 0.6) is 0 Å². The number of carbonyl (C=O) groups is 1. The van der Waals surface area contributed by atoms with Gasteiger partial charge in [-0.05, 0) is 71.2 Å². The summed E-state index contributed by atoms with van der Waals surface area (Å²) in [4.78, 5) is 10.7. The summed E-state index contributed by atoms with van der Waals surface area (Å²) >= 11 is 0. The molecule has 0 heterocycles. The molecule has 0 unspecified atom stereocenters. The van der Waals surface area contributed by atoms with E-state index in [-0.39, 0.29) is 12.4 Å². The van der Waals surface area contributed by atoms with Gasteiger partial charge in [-0.15, -0.1) is 0 Å². The van der Waals surface area contributed by atoms with E-state index >= 15 is 4.39 Å². The van der Waals surface area contributed by atoms with E-state index in [0.717, 1.165) is 35.1 Å². The van der Waals surface area contributed by atoms with Crippen LogP contribution < -0.4 is 0 Å². The molecular weight excluding hydrogens is 423 g/mol. The smallest absolute Gasteiger partial charge is 0.293 e. The van der Waals surface area contributed by atoms with Gasteiger partial charge in [-0.1, -0.05) is 88.1 Å². The third-order valence-electron chi connectivity index (χ3n) is 6.42. The Bertz CT molecular complexity index is 1020. The molecule has 0 atom stereocenters. The zero-order valence-corrected chi connectivity index (χ0v) is 20.6. The summed E-state index contributed by atoms with van der Waals surface area (Å²) in [6, 6.07) is 20.2. The van der Waals surface area contributed by atoms with Crippen LogP contribution in [0.2, 0.25) is 0 Å². The fourth-order valence-corrected chi connectivity index (χ4v) is 4.39. The van der Waals surface area contributed by atoms with Crippen LogP contribution in [-0.2, 0) is 28.8 Å². The highest BCUT2D eigenvalue weighted by molar-refractivity contribution is 5.74. The van der Waals surface area contributed by atoms with Crippen molar-refractivity contribution in [1.82, 2.24) is 0 Å². The lowest BCUT2D eigenvalue weighted by molar-refractivity contribution is -0.128. The number of carbonyl (C=O) groups excluding carboxylic acids is 1. The Labute approximate surface area is 204 Å². The molecule has 0 aromatic heterocycles. The lowest BCUT2D eigenvalue weighted by Gasteiger charge is -2.15. The van der Waals surface area contributed by atoms with E-state index in [9.17, 15) is 4.79 Å². The van der Waals surface area contributed by atoms with Gasteiger partial charge in [0.05, 0.1) is 6.61 Å². The molecule has 0 saturated carbocycles. The zero-order valence-electron chi connectivity index (χ0n) is 20.6. The summed E-state index contributed by atoms with van der Waals surface area (Å²) < 4.78 is 20.3. The Morgan fingerprint density at radius 3 is 1.74 bits per heavy atom. The topological polar surface area (TPSA) is 26.3 Å². The molecule has 180 valence electrons. The van der Waals surface area contributed by atoms with E-state index in [4.69, 9.17) is 4.74 Å². The van der Waals surface area contributed by atoms with E-state index in [0.29, 0.717) is 18.5 Å². The molecule has 0 radical (unpaired) electrons. The van der Waals surface area contributed by atoms with E-state index in [1.165, 1.54) is 49.7 Å². The average Bonchev–Trinajstić information content (AvgIpc) is 2.86. The van der Waals surface area contributed by atoms with Crippen LogP contribution in [0, 0.1) is 5.82 Å². The molecule has 0 bridgehead atoms. The van der Waals surface area contributed by atoms with Crippen LogP contribution in [-0.4, -0.2) is 13.1 Å². The van der Waals surface area contributed by atoms with Gasteiger partial charge >= 0.3 is 0 Å². The third-order valence-corrected chi connectivity index (χ3v) is 6.42. The second kappa shape index (κ2) is 13.7. The molecule has 3 heteroatoms. The molecular formula is C31H37FO2. The van der Waals surface area contributed by atoms with Gasteiger partial charge in [0.15, 0.2) is 0 Å². The summed E-state index contributed by atoms with van der Waals surface area (Å²) in [6.07, 6.45) is 9.88. The minimum absolute atomic E-state index is 0.235. The maximum Gasteiger partial charge on any atom is 0.293 e. The maximum absolute atomic E-state index is 15.3. The molecule has 0 saturated heterocycles. The molecule has 34 heavy (non-hydrogen) atoms. The van der Waals surface area contributed by atoms with Crippen molar-refractivity contribution >= 4 is 6.47 Å². The predicted octanol–water partition coefficient (Wildman–Crippen LogP) is 8.34. The number of unbranched alkanes of at least 4 members (excludes halogenated alkanes) is 4. The SMILES string of the molecule is CCCCCc1ccc(-c2cc(CCOC=O)c(-c3ccc(CCCCC)cc3)cc2F)cc1. The first kappa shape index (κ1) is 25.7. The summed E-state index contributed by atoms with van der Waals surface area (Å²) in [5, 5.41) is 0. The van der Waals surface area contributed by atoms with Crippen LogP contribution in [0.4, 0.5) is 4.39 Å². The van der Waals surface area contributed by atoms with Crippen LogP contribution >= 0.6 is 0 Å². The number of halogens is 1. The molecule has 0 N–H and O–H groups in total. The fraction of sp³-hybridized carbons (Fsp3) is 0.387. The summed E-state index contributed by atoms with van der Waals surface area (Å²) in [5.74, 6) is -0.235. The predicted molar refractivity (Wildman–Crippen MR) is 139 cm³/mol. The second-order valence-electron chi connectivity index (χ2n) is 9.01. The Morgan fingerprint density at radius 1 is 0.706 bits per heavy atom. The molecule has 0 aliphatic heterocycles. The minimum atomic E-state index is -0.235. The lowest BCUT2D eigenvalue weighted by atomic mass is 9.92. The number of ether oxygens (including phenoxy) is 1. The highest BCUT2D eigenvalue weighted by Crippen LogP contribution is 2.33. The first-order chi connectivity index (χ1) is 16.7. The van der Waals surface area contributed by atoms with Gasteiger partial charge in [-0.25, -0.2) is 4.39 Å². The first-order valence-electron chi connectivity index (χ1n) is 12.7. The van der Waals surface area contributed by atoms with Crippen molar-refractivity contribution in [1.29, 1.82) is 0 Å². The van der Waals surface area contributed by atoms with Crippen molar-refractivity contribution in [3.05, 3.63) is 83.2 Å². The Kier molecular flexibility index (Phi) is 10.3. The van der Waals surface area contributed by atoms with Crippen LogP contribution in [0.15, 0.2) is 60.7 Å². The van der Waals surface area contributed by atoms with Crippen molar-refractivity contribution in [3.63, 3.8) is 0 Å². The van der Waals surface area contributed by atoms with E-state index in [1.807, 2.05) is 18.2 Å². The number of aryl methyl sites for hydroxylation is 2. The lowest BCUT2D eigenvalue weighted by Crippen LogP contribution is -2.01. The second-order valence-corrected chi connectivity index (χ2v) is 9.01. The van der Waals surface area contributed by atoms with Crippen molar-refractivity contribution in [2.75, 3.05) is 6.61 Å². The van der Waals surface area contributed by atoms with Gasteiger partial charge < -0.3 is 4.74 Å². The van der Waals surface area contributed by atoms with Crippen molar-refractivity contribution in [3.8, 4) is 22.3 Å². The summed E-state index contributed by atoms with van der Waals surface area (Å²) in [5.41, 5.74) is 6.85. The van der Waals surface area contributed by atoms with Crippen LogP contribution in [0.25, 0.3) is 22.3 Å². The molecule has 3 aromatic carbocycles. The van der Waals surface area contributed by atoms with Crippen molar-refractivity contribution < 1.29 is 13.9 Å². The Hall–Kier alpha value is -2.94. The van der Waals surface area contributed by atoms with Gasteiger partial charge in [-0.3, -0.25) is 4.79 Å². The van der Waals surface area contributed by atoms with E-state index < -0.39 is 0 Å². The Morgan fingerprint density at radius 2 is 1.24 bits per heavy atom. The Balaban J connectivity index is 1.87. The van der Waals surface area contributed by atoms with E-state index in [1.54, 1.807) is 6.07 Å². The molecule has 0 fully saturated rings. The average molecular weight is 461 g/mol. The molecule has 0 aliphatic carbocycles. The quantitative estimate of drug-likeness (QED) is 0.178. The van der Waals surface area contributed by atoms with Crippen molar-refractivity contribution in [2.45, 2.75) is 71.6 Å². The number of rotatable bonds is 14. The molecule has 0 amide bonds. The van der Waals surface area contributed by atoms with Crippen molar-refractivity contribution in [2.24, 2.45) is 0 Å². The molecule has 3 rings (SSSR count). The number of hydrogen-bond donors (Lipinski definition) is 0. The van der Waals surface area contributed by atoms with Gasteiger partial charge in [0.2, 0.25) is 0 Å². The minimum Gasteiger partial charge on any atom is -0.468 e. The number of benzene rings is 3. The zero-order chi connectivity index (χ0) is 24.2. The highest BCUT2D eigenvalue weighted by Gasteiger charge is 2.14. The molecule has 2 nitrogen and oxygen atoms in total. The monoisotopic (exact) mass is 460 g/mol. The van der Waals surface area contributed by atoms with Gasteiger partial charge in [0, 0.05) is 12.0 Å². The fourth-order valence-electron chi connectivity index (χ4n) is 4.39. The van der Waals surface area contributed by atoms with Gasteiger partial charge in [0.25, 0.3) is 6.47 Å². The van der Waals surface area contributed by atoms with Gasteiger partial charge in [-0.2, -0.15) is 0 Å². The maximum atomic E-state index is 15.3. The van der Waals surface area contributed by atoms with Gasteiger partial charge in [0.1, 0.15) is 5.82 Å². The largest absolute Gasteiger partial charge is 0.468 e. The molecule has 0 aliphatic rings. The number of hydrogen-bond acceptors (Lipinski definition) is 2. The van der Waals surface area contributed by atoms with E-state index in [2.05, 4.69) is 50.2 Å². The summed E-state index contributed by atoms with van der Waals surface area (Å²) in [7, 11) is 0. The third kappa shape index (κ3) is 7.28. The normalized spacial score (nSPS) is 10.9. The van der Waals surface area contributed by atoms with Crippen LogP contribution in [0.3, 0.4) is 0 Å². The standard InChI is InChI=1S/C31H37FO2/c1-3-5-7-9-24-11-15-26(16-12-24)29-22-31(32)30(21-28(29)19-20-34-23-33)27-17-13-25(14-18-27)10-8-6-4-2/h11-18,21-23H,3-10,19-20H2,1-2H3. The highest BCUT2D eigenvalue weighted by atomic mass is 19.1. The molecule has 0 spiro atoms. The summed E-state index contributed by atoms with van der Waals surface area (Å²) in [6.45, 7) is 5.15. The molecule has 3 aromatic rings.